The fraction of sp³-hybridized carbons (Fsp3) is 0.400. The zero-order valence-corrected chi connectivity index (χ0v) is 30.7. The van der Waals surface area contributed by atoms with Crippen molar-refractivity contribution in [3.05, 3.63) is 95.2 Å². The lowest BCUT2D eigenvalue weighted by Crippen LogP contribution is -2.50. The van der Waals surface area contributed by atoms with Crippen molar-refractivity contribution in [3.8, 4) is 16.9 Å². The molecule has 1 aliphatic rings. The van der Waals surface area contributed by atoms with Crippen molar-refractivity contribution in [2.45, 2.75) is 59.3 Å². The molecule has 0 spiro atoms. The van der Waals surface area contributed by atoms with Crippen molar-refractivity contribution >= 4 is 40.4 Å². The van der Waals surface area contributed by atoms with E-state index in [2.05, 4.69) is 69.7 Å². The summed E-state index contributed by atoms with van der Waals surface area (Å²) in [5.74, 6) is 1.15. The van der Waals surface area contributed by atoms with Crippen LogP contribution in [-0.4, -0.2) is 67.8 Å². The minimum absolute atomic E-state index is 0.0109. The number of nitrogens with zero attached hydrogens (tertiary/aromatic N) is 2. The van der Waals surface area contributed by atoms with Gasteiger partial charge in [0.05, 0.1) is 5.69 Å². The van der Waals surface area contributed by atoms with Crippen LogP contribution in [0.15, 0.2) is 89.6 Å². The number of amides is 2. The van der Waals surface area contributed by atoms with Crippen molar-refractivity contribution in [3.63, 3.8) is 0 Å². The summed E-state index contributed by atoms with van der Waals surface area (Å²) in [5, 5.41) is 14.3. The van der Waals surface area contributed by atoms with Gasteiger partial charge in [-0.05, 0) is 80.6 Å². The van der Waals surface area contributed by atoms with E-state index in [0.29, 0.717) is 45.1 Å². The van der Waals surface area contributed by atoms with Crippen LogP contribution in [0.1, 0.15) is 46.6 Å². The molecule has 9 nitrogen and oxygen atoms in total. The Morgan fingerprint density at radius 3 is 2.22 bits per heavy atom. The standard InChI is InChI=1S/C40H51N5O4S/c1-29(2)25-36(38(46)42-20-19-41-32-13-17-34(18-14-32)48-26-30-9-7-6-8-10-30)43-37-28-50-27-35(37)31-11-15-33(16-12-31)44-21-23-45(24-22-44)39(47)49-40(3,4)5/h6-18,27-29,36,41,43H,19-26H2,1-5H3,(H,42,46)/t36-/m0/s1. The lowest BCUT2D eigenvalue weighted by Gasteiger charge is -2.36. The number of hydrogen-bond acceptors (Lipinski definition) is 8. The number of carbonyl (C=O) groups excluding carboxylic acids is 2. The van der Waals surface area contributed by atoms with Gasteiger partial charge in [0.1, 0.15) is 24.0 Å². The normalized spacial score (nSPS) is 13.9. The second-order valence-corrected chi connectivity index (χ2v) is 14.8. The van der Waals surface area contributed by atoms with E-state index < -0.39 is 5.60 Å². The Hall–Kier alpha value is -4.70. The Labute approximate surface area is 301 Å². The smallest absolute Gasteiger partial charge is 0.410 e. The van der Waals surface area contributed by atoms with E-state index in [4.69, 9.17) is 9.47 Å². The quantitative estimate of drug-likeness (QED) is 0.115. The summed E-state index contributed by atoms with van der Waals surface area (Å²) in [4.78, 5) is 29.9. The van der Waals surface area contributed by atoms with E-state index in [1.54, 1.807) is 16.2 Å². The molecule has 1 fully saturated rings. The van der Waals surface area contributed by atoms with Gasteiger partial charge in [-0.15, -0.1) is 11.3 Å². The van der Waals surface area contributed by atoms with Crippen LogP contribution in [0.25, 0.3) is 11.1 Å². The Balaban J connectivity index is 1.10. The molecule has 0 aliphatic carbocycles. The van der Waals surface area contributed by atoms with E-state index in [1.807, 2.05) is 75.4 Å². The van der Waals surface area contributed by atoms with Gasteiger partial charge in [-0.25, -0.2) is 4.79 Å². The SMILES string of the molecule is CC(C)C[C@H](Nc1cscc1-c1ccc(N2CCN(C(=O)OC(C)(C)C)CC2)cc1)C(=O)NCCNc1ccc(OCc2ccccc2)cc1. The minimum Gasteiger partial charge on any atom is -0.489 e. The van der Waals surface area contributed by atoms with Crippen molar-refractivity contribution in [2.75, 3.05) is 54.8 Å². The number of piperazine rings is 1. The summed E-state index contributed by atoms with van der Waals surface area (Å²) in [7, 11) is 0. The molecular formula is C40H51N5O4S. The zero-order chi connectivity index (χ0) is 35.5. The molecule has 0 unspecified atom stereocenters. The lowest BCUT2D eigenvalue weighted by molar-refractivity contribution is -0.122. The topological polar surface area (TPSA) is 95.2 Å². The highest BCUT2D eigenvalue weighted by molar-refractivity contribution is 7.08. The third-order valence-corrected chi connectivity index (χ3v) is 9.09. The highest BCUT2D eigenvalue weighted by Crippen LogP contribution is 2.34. The third-order valence-electron chi connectivity index (χ3n) is 8.35. The Kier molecular flexibility index (Phi) is 12.7. The number of hydrogen-bond donors (Lipinski definition) is 3. The number of ether oxygens (including phenoxy) is 2. The van der Waals surface area contributed by atoms with Crippen molar-refractivity contribution < 1.29 is 19.1 Å². The predicted molar refractivity (Wildman–Crippen MR) is 205 cm³/mol. The van der Waals surface area contributed by atoms with Crippen LogP contribution in [0.2, 0.25) is 0 Å². The van der Waals surface area contributed by atoms with Crippen molar-refractivity contribution in [2.24, 2.45) is 5.92 Å². The molecule has 1 aliphatic heterocycles. The highest BCUT2D eigenvalue weighted by Gasteiger charge is 2.26. The van der Waals surface area contributed by atoms with Crippen LogP contribution < -0.4 is 25.6 Å². The van der Waals surface area contributed by atoms with Crippen LogP contribution in [0.4, 0.5) is 21.9 Å². The van der Waals surface area contributed by atoms with E-state index in [1.165, 1.54) is 0 Å². The maximum Gasteiger partial charge on any atom is 0.410 e. The summed E-state index contributed by atoms with van der Waals surface area (Å²) in [5.41, 5.74) is 5.86. The molecule has 3 N–H and O–H groups in total. The number of nitrogens with one attached hydrogen (secondary N) is 3. The number of benzene rings is 3. The van der Waals surface area contributed by atoms with Gasteiger partial charge in [0.15, 0.2) is 0 Å². The molecule has 3 aromatic carbocycles. The van der Waals surface area contributed by atoms with Crippen LogP contribution in [0.3, 0.4) is 0 Å². The molecule has 0 bridgehead atoms. The first kappa shape index (κ1) is 36.6. The molecule has 5 rings (SSSR count). The fourth-order valence-corrected chi connectivity index (χ4v) is 6.57. The van der Waals surface area contributed by atoms with E-state index in [-0.39, 0.29) is 18.0 Å². The summed E-state index contributed by atoms with van der Waals surface area (Å²) in [6, 6.07) is 26.2. The van der Waals surface area contributed by atoms with E-state index >= 15 is 0 Å². The van der Waals surface area contributed by atoms with Gasteiger partial charge < -0.3 is 35.2 Å². The van der Waals surface area contributed by atoms with Gasteiger partial charge in [0.2, 0.25) is 5.91 Å². The number of anilines is 3. The maximum atomic E-state index is 13.4. The van der Waals surface area contributed by atoms with E-state index in [0.717, 1.165) is 52.6 Å². The Morgan fingerprint density at radius 2 is 1.56 bits per heavy atom. The summed E-state index contributed by atoms with van der Waals surface area (Å²) in [6.45, 7) is 14.3. The molecule has 10 heteroatoms. The first-order valence-electron chi connectivity index (χ1n) is 17.5. The number of carbonyl (C=O) groups is 2. The maximum absolute atomic E-state index is 13.4. The molecule has 1 aromatic heterocycles. The van der Waals surface area contributed by atoms with Gasteiger partial charge in [0, 0.05) is 67.0 Å². The average molecular weight is 698 g/mol. The van der Waals surface area contributed by atoms with Gasteiger partial charge >= 0.3 is 6.09 Å². The average Bonchev–Trinajstić information content (AvgIpc) is 3.57. The molecule has 2 heterocycles. The zero-order valence-electron chi connectivity index (χ0n) is 29.9. The molecule has 1 atom stereocenters. The van der Waals surface area contributed by atoms with Crippen LogP contribution in [0, 0.1) is 5.92 Å². The van der Waals surface area contributed by atoms with Gasteiger partial charge in [-0.3, -0.25) is 4.79 Å². The first-order chi connectivity index (χ1) is 24.0. The summed E-state index contributed by atoms with van der Waals surface area (Å²) in [6.07, 6.45) is 0.464. The molecule has 1 saturated heterocycles. The number of thiophene rings is 1. The first-order valence-corrected chi connectivity index (χ1v) is 18.4. The van der Waals surface area contributed by atoms with Crippen LogP contribution in [-0.2, 0) is 16.1 Å². The molecule has 4 aromatic rings. The van der Waals surface area contributed by atoms with Crippen molar-refractivity contribution in [1.29, 1.82) is 0 Å². The van der Waals surface area contributed by atoms with Gasteiger partial charge in [-0.2, -0.15) is 0 Å². The fourth-order valence-electron chi connectivity index (χ4n) is 5.77. The number of rotatable bonds is 14. The lowest BCUT2D eigenvalue weighted by atomic mass is 10.0. The highest BCUT2D eigenvalue weighted by atomic mass is 32.1. The van der Waals surface area contributed by atoms with Crippen LogP contribution in [0.5, 0.6) is 5.75 Å². The molecule has 266 valence electrons. The predicted octanol–water partition coefficient (Wildman–Crippen LogP) is 8.11. The monoisotopic (exact) mass is 697 g/mol. The van der Waals surface area contributed by atoms with E-state index in [9.17, 15) is 9.59 Å². The Morgan fingerprint density at radius 1 is 0.860 bits per heavy atom. The molecular weight excluding hydrogens is 647 g/mol. The third kappa shape index (κ3) is 10.9. The van der Waals surface area contributed by atoms with Crippen LogP contribution >= 0.6 is 11.3 Å². The largest absolute Gasteiger partial charge is 0.489 e. The second kappa shape index (κ2) is 17.3. The second-order valence-electron chi connectivity index (χ2n) is 14.0. The van der Waals surface area contributed by atoms with Gasteiger partial charge in [0.25, 0.3) is 0 Å². The summed E-state index contributed by atoms with van der Waals surface area (Å²) >= 11 is 1.62. The molecule has 50 heavy (non-hydrogen) atoms. The minimum atomic E-state index is -0.497. The van der Waals surface area contributed by atoms with Gasteiger partial charge in [-0.1, -0.05) is 56.3 Å². The molecule has 0 radical (unpaired) electrons. The molecule has 0 saturated carbocycles. The van der Waals surface area contributed by atoms with Crippen molar-refractivity contribution in [1.82, 2.24) is 10.2 Å². The summed E-state index contributed by atoms with van der Waals surface area (Å²) < 4.78 is 11.4. The Bertz CT molecular complexity index is 1640. The molecule has 2 amide bonds.